The Bertz CT molecular complexity index is 938. The molecule has 2 aromatic rings. The Morgan fingerprint density at radius 1 is 1.06 bits per heavy atom. The van der Waals surface area contributed by atoms with Crippen molar-refractivity contribution < 1.29 is 14.3 Å². The summed E-state index contributed by atoms with van der Waals surface area (Å²) in [4.78, 5) is 27.3. The average molecular weight is 436 g/mol. The first kappa shape index (κ1) is 22.3. The van der Waals surface area contributed by atoms with E-state index in [0.717, 1.165) is 18.6 Å². The van der Waals surface area contributed by atoms with Crippen LogP contribution in [0.3, 0.4) is 0 Å². The van der Waals surface area contributed by atoms with Crippen LogP contribution in [-0.4, -0.2) is 50.5 Å². The van der Waals surface area contributed by atoms with Crippen molar-refractivity contribution in [2.24, 2.45) is 5.92 Å². The zero-order chi connectivity index (χ0) is 22.7. The van der Waals surface area contributed by atoms with Gasteiger partial charge in [0.15, 0.2) is 5.78 Å². The predicted octanol–water partition coefficient (Wildman–Crippen LogP) is 3.67. The van der Waals surface area contributed by atoms with E-state index in [2.05, 4.69) is 51.9 Å². The van der Waals surface area contributed by atoms with Gasteiger partial charge in [0.25, 0.3) is 0 Å². The lowest BCUT2D eigenvalue weighted by Gasteiger charge is -2.27. The van der Waals surface area contributed by atoms with Crippen molar-refractivity contribution in [2.75, 3.05) is 27.7 Å². The summed E-state index contributed by atoms with van der Waals surface area (Å²) >= 11 is 0. The van der Waals surface area contributed by atoms with Gasteiger partial charge in [0.05, 0.1) is 13.2 Å². The van der Waals surface area contributed by atoms with Gasteiger partial charge in [-0.25, -0.2) is 4.79 Å². The summed E-state index contributed by atoms with van der Waals surface area (Å²) in [6.07, 6.45) is 4.14. The van der Waals surface area contributed by atoms with Gasteiger partial charge in [-0.3, -0.25) is 9.69 Å². The number of urea groups is 1. The Labute approximate surface area is 190 Å². The second kappa shape index (κ2) is 9.74. The van der Waals surface area contributed by atoms with Crippen molar-refractivity contribution >= 4 is 11.8 Å². The standard InChI is InChI=1S/C26H33N3O3/c1-27-26(31)28-16-23-25(30)22(15-6-17-4-13-21(32-3)14-5-17)24(29(23)2)20-11-9-19(10-12-20)18-7-8-18/h4-5,9-14,18,22-24H,6-8,15-16H2,1-3H3,(H2,27,28,31)/t22?,23?,24-/m1/s1. The number of likely N-dealkylation sites (N-methyl/N-ethyl adjacent to an activating group) is 1. The highest BCUT2D eigenvalue weighted by atomic mass is 16.5. The third-order valence-electron chi connectivity index (χ3n) is 6.92. The second-order valence-electron chi connectivity index (χ2n) is 8.92. The Balaban J connectivity index is 1.53. The molecule has 0 spiro atoms. The van der Waals surface area contributed by atoms with Crippen molar-refractivity contribution in [3.63, 3.8) is 0 Å². The highest BCUT2D eigenvalue weighted by molar-refractivity contribution is 5.90. The topological polar surface area (TPSA) is 70.7 Å². The molecule has 1 aliphatic heterocycles. The molecule has 3 atom stereocenters. The van der Waals surface area contributed by atoms with Gasteiger partial charge in [-0.15, -0.1) is 0 Å². The maximum atomic E-state index is 13.5. The highest BCUT2D eigenvalue weighted by Crippen LogP contribution is 2.43. The number of ketones is 1. The van der Waals surface area contributed by atoms with Gasteiger partial charge in [-0.2, -0.15) is 0 Å². The Morgan fingerprint density at radius 3 is 2.31 bits per heavy atom. The number of rotatable bonds is 8. The van der Waals surface area contributed by atoms with E-state index in [1.165, 1.54) is 29.5 Å². The molecule has 1 saturated carbocycles. The monoisotopic (exact) mass is 435 g/mol. The van der Waals surface area contributed by atoms with Crippen LogP contribution in [0.1, 0.15) is 47.9 Å². The molecule has 2 aromatic carbocycles. The van der Waals surface area contributed by atoms with Gasteiger partial charge in [0, 0.05) is 25.6 Å². The number of ether oxygens (including phenoxy) is 1. The molecule has 2 N–H and O–H groups in total. The second-order valence-corrected chi connectivity index (χ2v) is 8.92. The van der Waals surface area contributed by atoms with Gasteiger partial charge in [0.2, 0.25) is 0 Å². The van der Waals surface area contributed by atoms with Gasteiger partial charge < -0.3 is 15.4 Å². The van der Waals surface area contributed by atoms with Crippen LogP contribution in [0.2, 0.25) is 0 Å². The van der Waals surface area contributed by atoms with Crippen molar-refractivity contribution in [3.8, 4) is 5.75 Å². The molecule has 2 aliphatic rings. The number of methoxy groups -OCH3 is 1. The third kappa shape index (κ3) is 4.80. The molecule has 4 rings (SSSR count). The van der Waals surface area contributed by atoms with Crippen LogP contribution in [0.25, 0.3) is 0 Å². The molecule has 1 aliphatic carbocycles. The lowest BCUT2D eigenvalue weighted by molar-refractivity contribution is -0.122. The summed E-state index contributed by atoms with van der Waals surface area (Å²) < 4.78 is 5.25. The summed E-state index contributed by atoms with van der Waals surface area (Å²) in [5.74, 6) is 1.63. The third-order valence-corrected chi connectivity index (χ3v) is 6.92. The van der Waals surface area contributed by atoms with Gasteiger partial charge in [0.1, 0.15) is 5.75 Å². The molecule has 6 heteroatoms. The lowest BCUT2D eigenvalue weighted by Crippen LogP contribution is -2.44. The molecule has 1 heterocycles. The predicted molar refractivity (Wildman–Crippen MR) is 125 cm³/mol. The average Bonchev–Trinajstić information content (AvgIpc) is 3.64. The van der Waals surface area contributed by atoms with Crippen LogP contribution in [0.15, 0.2) is 48.5 Å². The van der Waals surface area contributed by atoms with E-state index in [0.29, 0.717) is 12.5 Å². The highest BCUT2D eigenvalue weighted by Gasteiger charge is 2.46. The van der Waals surface area contributed by atoms with Gasteiger partial charge in [-0.1, -0.05) is 36.4 Å². The first-order valence-electron chi connectivity index (χ1n) is 11.5. The Hall–Kier alpha value is -2.86. The summed E-state index contributed by atoms with van der Waals surface area (Å²) in [7, 11) is 5.24. The zero-order valence-corrected chi connectivity index (χ0v) is 19.1. The number of hydrogen-bond acceptors (Lipinski definition) is 4. The number of Topliss-reactive ketones (excluding diaryl/α,β-unsaturated/α-hetero) is 1. The van der Waals surface area contributed by atoms with E-state index in [1.54, 1.807) is 14.2 Å². The fourth-order valence-corrected chi connectivity index (χ4v) is 4.87. The molecule has 2 unspecified atom stereocenters. The number of nitrogens with zero attached hydrogens (tertiary/aromatic N) is 1. The van der Waals surface area contributed by atoms with Crippen molar-refractivity contribution in [2.45, 2.75) is 43.7 Å². The molecule has 0 bridgehead atoms. The zero-order valence-electron chi connectivity index (χ0n) is 19.1. The lowest BCUT2D eigenvalue weighted by atomic mass is 9.87. The molecular weight excluding hydrogens is 402 g/mol. The molecule has 1 saturated heterocycles. The maximum Gasteiger partial charge on any atom is 0.314 e. The summed E-state index contributed by atoms with van der Waals surface area (Å²) in [5, 5.41) is 5.38. The number of aryl methyl sites for hydroxylation is 1. The number of hydrogen-bond donors (Lipinski definition) is 2. The first-order valence-corrected chi connectivity index (χ1v) is 11.5. The largest absolute Gasteiger partial charge is 0.497 e. The Kier molecular flexibility index (Phi) is 6.80. The minimum absolute atomic E-state index is 0.00508. The number of benzene rings is 2. The van der Waals surface area contributed by atoms with E-state index in [1.807, 2.05) is 19.2 Å². The van der Waals surface area contributed by atoms with E-state index in [4.69, 9.17) is 4.74 Å². The molecule has 2 fully saturated rings. The van der Waals surface area contributed by atoms with E-state index in [-0.39, 0.29) is 29.8 Å². The molecule has 2 amide bonds. The molecular formula is C26H33N3O3. The van der Waals surface area contributed by atoms with Crippen LogP contribution in [0, 0.1) is 5.92 Å². The van der Waals surface area contributed by atoms with Crippen molar-refractivity contribution in [1.82, 2.24) is 15.5 Å². The summed E-state index contributed by atoms with van der Waals surface area (Å²) in [6.45, 7) is 0.310. The first-order chi connectivity index (χ1) is 15.5. The smallest absolute Gasteiger partial charge is 0.314 e. The fourth-order valence-electron chi connectivity index (χ4n) is 4.87. The number of nitrogens with one attached hydrogen (secondary N) is 2. The maximum absolute atomic E-state index is 13.5. The minimum atomic E-state index is -0.332. The van der Waals surface area contributed by atoms with Crippen molar-refractivity contribution in [1.29, 1.82) is 0 Å². The van der Waals surface area contributed by atoms with Gasteiger partial charge in [-0.05, 0) is 67.5 Å². The number of carbonyl (C=O) groups excluding carboxylic acids is 2. The SMILES string of the molecule is CNC(=O)NCC1C(=O)C(CCc2ccc(OC)cc2)[C@@H](c2ccc(C3CC3)cc2)N1C. The van der Waals surface area contributed by atoms with Crippen LogP contribution >= 0.6 is 0 Å². The minimum Gasteiger partial charge on any atom is -0.497 e. The fraction of sp³-hybridized carbons (Fsp3) is 0.462. The van der Waals surface area contributed by atoms with Crippen molar-refractivity contribution in [3.05, 3.63) is 65.2 Å². The molecule has 0 aromatic heterocycles. The quantitative estimate of drug-likeness (QED) is 0.664. The van der Waals surface area contributed by atoms with E-state index in [9.17, 15) is 9.59 Å². The van der Waals surface area contributed by atoms with E-state index >= 15 is 0 Å². The van der Waals surface area contributed by atoms with Crippen LogP contribution in [0.4, 0.5) is 4.79 Å². The Morgan fingerprint density at radius 2 is 1.72 bits per heavy atom. The van der Waals surface area contributed by atoms with Crippen LogP contribution in [-0.2, 0) is 11.2 Å². The summed E-state index contributed by atoms with van der Waals surface area (Å²) in [6, 6.07) is 16.3. The molecule has 0 radical (unpaired) electrons. The number of likely N-dealkylation sites (tertiary alicyclic amines) is 1. The van der Waals surface area contributed by atoms with E-state index < -0.39 is 0 Å². The normalized spacial score (nSPS) is 23.2. The summed E-state index contributed by atoms with van der Waals surface area (Å²) in [5.41, 5.74) is 3.76. The van der Waals surface area contributed by atoms with Crippen LogP contribution in [0.5, 0.6) is 5.75 Å². The molecule has 32 heavy (non-hydrogen) atoms. The van der Waals surface area contributed by atoms with Gasteiger partial charge >= 0.3 is 6.03 Å². The molecule has 170 valence electrons. The molecule has 6 nitrogen and oxygen atoms in total. The number of carbonyl (C=O) groups is 2. The van der Waals surface area contributed by atoms with Crippen LogP contribution < -0.4 is 15.4 Å². The number of amides is 2.